The summed E-state index contributed by atoms with van der Waals surface area (Å²) in [7, 11) is 5.34. The summed E-state index contributed by atoms with van der Waals surface area (Å²) >= 11 is 0. The van der Waals surface area contributed by atoms with Gasteiger partial charge in [-0.1, -0.05) is 0 Å². The van der Waals surface area contributed by atoms with Crippen molar-refractivity contribution in [2.24, 2.45) is 0 Å². The second-order valence-electron chi connectivity index (χ2n) is 6.09. The summed E-state index contributed by atoms with van der Waals surface area (Å²) in [5.41, 5.74) is -0.533. The maximum Gasteiger partial charge on any atom is 0.242 e. The first-order valence-electron chi connectivity index (χ1n) is 7.18. The van der Waals surface area contributed by atoms with Crippen molar-refractivity contribution in [2.75, 3.05) is 53.9 Å². The second kappa shape index (κ2) is 7.04. The summed E-state index contributed by atoms with van der Waals surface area (Å²) in [6.45, 7) is 7.29. The van der Waals surface area contributed by atoms with Gasteiger partial charge in [0, 0.05) is 40.3 Å². The Hall–Kier alpha value is -1.14. The van der Waals surface area contributed by atoms with Crippen molar-refractivity contribution in [3.05, 3.63) is 0 Å². The monoisotopic (exact) mass is 284 g/mol. The summed E-state index contributed by atoms with van der Waals surface area (Å²) in [4.78, 5) is 29.8. The Labute approximate surface area is 122 Å². The molecule has 0 atom stereocenters. The van der Waals surface area contributed by atoms with Crippen molar-refractivity contribution in [3.8, 4) is 0 Å². The number of carbonyl (C=O) groups is 2. The van der Waals surface area contributed by atoms with E-state index in [1.165, 1.54) is 0 Å². The van der Waals surface area contributed by atoms with Crippen LogP contribution in [0.25, 0.3) is 0 Å². The van der Waals surface area contributed by atoms with E-state index in [2.05, 4.69) is 10.2 Å². The molecule has 116 valence electrons. The molecule has 0 radical (unpaired) electrons. The van der Waals surface area contributed by atoms with Gasteiger partial charge in [0.15, 0.2) is 0 Å². The minimum Gasteiger partial charge on any atom is -0.348 e. The van der Waals surface area contributed by atoms with E-state index in [1.54, 1.807) is 26.0 Å². The van der Waals surface area contributed by atoms with Crippen molar-refractivity contribution in [3.63, 3.8) is 0 Å². The third-order valence-electron chi connectivity index (χ3n) is 3.89. The molecule has 0 unspecified atom stereocenters. The molecule has 1 rings (SSSR count). The van der Waals surface area contributed by atoms with Gasteiger partial charge in [-0.3, -0.25) is 14.5 Å². The highest BCUT2D eigenvalue weighted by atomic mass is 16.2. The van der Waals surface area contributed by atoms with Crippen LogP contribution in [-0.4, -0.2) is 85.9 Å². The molecule has 0 saturated carbocycles. The summed E-state index contributed by atoms with van der Waals surface area (Å²) in [5, 5.41) is 3.05. The number of rotatable bonds is 4. The van der Waals surface area contributed by atoms with E-state index >= 15 is 0 Å². The average molecular weight is 284 g/mol. The molecule has 6 nitrogen and oxygen atoms in total. The fourth-order valence-corrected chi connectivity index (χ4v) is 2.17. The summed E-state index contributed by atoms with van der Waals surface area (Å²) in [5.74, 6) is 0.237. The van der Waals surface area contributed by atoms with Gasteiger partial charge in [-0.05, 0) is 27.3 Å². The fourth-order valence-electron chi connectivity index (χ4n) is 2.17. The third kappa shape index (κ3) is 4.45. The number of hydrogen-bond acceptors (Lipinski definition) is 4. The van der Waals surface area contributed by atoms with Gasteiger partial charge in [-0.2, -0.15) is 0 Å². The molecule has 1 fully saturated rings. The Morgan fingerprint density at radius 2 is 1.80 bits per heavy atom. The van der Waals surface area contributed by atoms with Gasteiger partial charge in [0.05, 0.1) is 12.1 Å². The van der Waals surface area contributed by atoms with Crippen molar-refractivity contribution in [1.82, 2.24) is 20.0 Å². The van der Waals surface area contributed by atoms with Crippen LogP contribution in [0.15, 0.2) is 0 Å². The molecular formula is C14H28N4O2. The van der Waals surface area contributed by atoms with E-state index in [-0.39, 0.29) is 11.8 Å². The molecule has 1 aliphatic heterocycles. The maximum absolute atomic E-state index is 12.4. The lowest BCUT2D eigenvalue weighted by atomic mass is 10.0. The van der Waals surface area contributed by atoms with Crippen molar-refractivity contribution in [1.29, 1.82) is 0 Å². The zero-order chi connectivity index (χ0) is 15.3. The van der Waals surface area contributed by atoms with Crippen molar-refractivity contribution >= 4 is 11.8 Å². The number of amides is 2. The zero-order valence-electron chi connectivity index (χ0n) is 13.4. The van der Waals surface area contributed by atoms with Crippen LogP contribution < -0.4 is 5.32 Å². The Bertz CT molecular complexity index is 355. The molecule has 6 heteroatoms. The first-order chi connectivity index (χ1) is 9.27. The van der Waals surface area contributed by atoms with Crippen molar-refractivity contribution < 1.29 is 9.59 Å². The lowest BCUT2D eigenvalue weighted by Gasteiger charge is -2.31. The van der Waals surface area contributed by atoms with Crippen LogP contribution >= 0.6 is 0 Å². The van der Waals surface area contributed by atoms with Crippen LogP contribution in [0.5, 0.6) is 0 Å². The van der Waals surface area contributed by atoms with E-state index < -0.39 is 5.54 Å². The molecule has 0 spiro atoms. The van der Waals surface area contributed by atoms with E-state index in [0.29, 0.717) is 13.1 Å². The molecule has 1 saturated heterocycles. The normalized spacial score (nSPS) is 17.8. The van der Waals surface area contributed by atoms with Gasteiger partial charge in [0.25, 0.3) is 0 Å². The van der Waals surface area contributed by atoms with Gasteiger partial charge in [0.1, 0.15) is 0 Å². The third-order valence-corrected chi connectivity index (χ3v) is 3.89. The zero-order valence-corrected chi connectivity index (χ0v) is 13.4. The standard InChI is InChI=1S/C14H28N4O2/c1-14(2,15-3)13(20)18-8-6-7-17(9-10-18)11-12(19)16(4)5/h15H,6-11H2,1-5H3. The summed E-state index contributed by atoms with van der Waals surface area (Å²) < 4.78 is 0. The number of carbonyl (C=O) groups excluding carboxylic acids is 2. The van der Waals surface area contributed by atoms with Crippen LogP contribution in [-0.2, 0) is 9.59 Å². The summed E-state index contributed by atoms with van der Waals surface area (Å²) in [6, 6.07) is 0. The van der Waals surface area contributed by atoms with E-state index in [9.17, 15) is 9.59 Å². The number of nitrogens with one attached hydrogen (secondary N) is 1. The molecule has 0 bridgehead atoms. The Kier molecular flexibility index (Phi) is 5.95. The van der Waals surface area contributed by atoms with E-state index in [4.69, 9.17) is 0 Å². The molecule has 0 aromatic rings. The average Bonchev–Trinajstić information content (AvgIpc) is 2.63. The molecule has 0 aliphatic carbocycles. The highest BCUT2D eigenvalue weighted by molar-refractivity contribution is 5.85. The maximum atomic E-state index is 12.4. The topological polar surface area (TPSA) is 55.9 Å². The predicted octanol–water partition coefficient (Wildman–Crippen LogP) is -0.393. The predicted molar refractivity (Wildman–Crippen MR) is 79.5 cm³/mol. The largest absolute Gasteiger partial charge is 0.348 e. The van der Waals surface area contributed by atoms with Gasteiger partial charge in [-0.15, -0.1) is 0 Å². The number of nitrogens with zero attached hydrogens (tertiary/aromatic N) is 3. The van der Waals surface area contributed by atoms with Gasteiger partial charge in [0.2, 0.25) is 11.8 Å². The quantitative estimate of drug-likeness (QED) is 0.764. The molecule has 1 N–H and O–H groups in total. The Morgan fingerprint density at radius 3 is 2.35 bits per heavy atom. The molecule has 2 amide bonds. The molecule has 0 aromatic carbocycles. The SMILES string of the molecule is CNC(C)(C)C(=O)N1CCCN(CC(=O)N(C)C)CC1. The molecule has 1 aliphatic rings. The van der Waals surface area contributed by atoms with Crippen LogP contribution in [0.1, 0.15) is 20.3 Å². The van der Waals surface area contributed by atoms with Gasteiger partial charge in [-0.25, -0.2) is 0 Å². The molecule has 0 aromatic heterocycles. The highest BCUT2D eigenvalue weighted by Gasteiger charge is 2.31. The van der Waals surface area contributed by atoms with Crippen LogP contribution in [0, 0.1) is 0 Å². The minimum absolute atomic E-state index is 0.111. The smallest absolute Gasteiger partial charge is 0.242 e. The Morgan fingerprint density at radius 1 is 1.15 bits per heavy atom. The van der Waals surface area contributed by atoms with Gasteiger partial charge >= 0.3 is 0 Å². The minimum atomic E-state index is -0.533. The second-order valence-corrected chi connectivity index (χ2v) is 6.09. The van der Waals surface area contributed by atoms with E-state index in [1.807, 2.05) is 18.7 Å². The van der Waals surface area contributed by atoms with Crippen molar-refractivity contribution in [2.45, 2.75) is 25.8 Å². The molecule has 20 heavy (non-hydrogen) atoms. The number of hydrogen-bond donors (Lipinski definition) is 1. The van der Waals surface area contributed by atoms with Crippen LogP contribution in [0.3, 0.4) is 0 Å². The first kappa shape index (κ1) is 16.9. The summed E-state index contributed by atoms with van der Waals surface area (Å²) in [6.07, 6.45) is 0.909. The molecule has 1 heterocycles. The lowest BCUT2D eigenvalue weighted by molar-refractivity contribution is -0.136. The fraction of sp³-hybridized carbons (Fsp3) is 0.857. The van der Waals surface area contributed by atoms with Crippen LogP contribution in [0.2, 0.25) is 0 Å². The Balaban J connectivity index is 2.55. The first-order valence-corrected chi connectivity index (χ1v) is 7.18. The van der Waals surface area contributed by atoms with E-state index in [0.717, 1.165) is 26.1 Å². The molecular weight excluding hydrogens is 256 g/mol. The number of likely N-dealkylation sites (N-methyl/N-ethyl adjacent to an activating group) is 2. The highest BCUT2D eigenvalue weighted by Crippen LogP contribution is 2.11. The lowest BCUT2D eigenvalue weighted by Crippen LogP contribution is -2.53. The van der Waals surface area contributed by atoms with Crippen LogP contribution in [0.4, 0.5) is 0 Å². The van der Waals surface area contributed by atoms with Gasteiger partial charge < -0.3 is 15.1 Å².